The van der Waals surface area contributed by atoms with Gasteiger partial charge in [-0.05, 0) is 71.4 Å². The van der Waals surface area contributed by atoms with E-state index in [4.69, 9.17) is 4.74 Å². The molecule has 3 rings (SSSR count). The summed E-state index contributed by atoms with van der Waals surface area (Å²) in [4.78, 5) is 1.53. The topological polar surface area (TPSA) is 21.3 Å². The van der Waals surface area contributed by atoms with Crippen molar-refractivity contribution < 1.29 is 4.74 Å². The molecule has 1 aliphatic carbocycles. The van der Waals surface area contributed by atoms with Crippen LogP contribution >= 0.6 is 27.3 Å². The summed E-state index contributed by atoms with van der Waals surface area (Å²) in [7, 11) is 0. The molecule has 1 heterocycles. The van der Waals surface area contributed by atoms with Gasteiger partial charge in [-0.3, -0.25) is 0 Å². The second-order valence-electron chi connectivity index (χ2n) is 5.49. The molecule has 4 heteroatoms. The minimum atomic E-state index is 0.484. The molecule has 1 aromatic heterocycles. The molecule has 0 bridgehead atoms. The molecular formula is C17H20BrNOS. The molecule has 112 valence electrons. The lowest BCUT2D eigenvalue weighted by Crippen LogP contribution is -2.28. The number of hydrogen-bond donors (Lipinski definition) is 1. The van der Waals surface area contributed by atoms with E-state index in [2.05, 4.69) is 46.4 Å². The Morgan fingerprint density at radius 2 is 2.29 bits per heavy atom. The van der Waals surface area contributed by atoms with Gasteiger partial charge in [-0.1, -0.05) is 12.1 Å². The number of rotatable bonds is 5. The van der Waals surface area contributed by atoms with Crippen molar-refractivity contribution in [3.8, 4) is 5.75 Å². The van der Waals surface area contributed by atoms with Crippen LogP contribution in [0.5, 0.6) is 5.75 Å². The van der Waals surface area contributed by atoms with E-state index in [0.29, 0.717) is 12.6 Å². The number of ether oxygens (including phenoxy) is 1. The third-order valence-corrected chi connectivity index (χ3v) is 5.55. The van der Waals surface area contributed by atoms with Gasteiger partial charge in [-0.25, -0.2) is 0 Å². The first-order chi connectivity index (χ1) is 10.2. The minimum Gasteiger partial charge on any atom is -0.492 e. The predicted molar refractivity (Wildman–Crippen MR) is 92.4 cm³/mol. The van der Waals surface area contributed by atoms with E-state index >= 15 is 0 Å². The fourth-order valence-corrected chi connectivity index (χ4v) is 4.66. The first kappa shape index (κ1) is 15.1. The van der Waals surface area contributed by atoms with Crippen molar-refractivity contribution in [2.24, 2.45) is 0 Å². The Kier molecular flexibility index (Phi) is 4.99. The fourth-order valence-electron chi connectivity index (χ4n) is 2.84. The van der Waals surface area contributed by atoms with E-state index in [1.54, 1.807) is 0 Å². The normalized spacial score (nSPS) is 17.5. The standard InChI is InChI=1S/C17H20BrNOS/c1-12-4-2-5-13(10-12)20-9-8-19-15-6-3-7-16-14(15)11-17(18)21-16/h2,4-5,10-11,15,19H,3,6-9H2,1H3. The van der Waals surface area contributed by atoms with Gasteiger partial charge in [-0.2, -0.15) is 0 Å². The molecule has 0 amide bonds. The lowest BCUT2D eigenvalue weighted by atomic mass is 9.94. The van der Waals surface area contributed by atoms with Crippen molar-refractivity contribution in [2.45, 2.75) is 32.2 Å². The van der Waals surface area contributed by atoms with Gasteiger partial charge in [0, 0.05) is 17.5 Å². The molecule has 1 N–H and O–H groups in total. The van der Waals surface area contributed by atoms with Crippen LogP contribution in [0, 0.1) is 6.92 Å². The van der Waals surface area contributed by atoms with Gasteiger partial charge in [-0.15, -0.1) is 11.3 Å². The van der Waals surface area contributed by atoms with Crippen LogP contribution in [0.4, 0.5) is 0 Å². The molecule has 0 aliphatic heterocycles. The van der Waals surface area contributed by atoms with E-state index in [1.165, 1.54) is 39.1 Å². The van der Waals surface area contributed by atoms with Gasteiger partial charge in [0.1, 0.15) is 12.4 Å². The van der Waals surface area contributed by atoms with Gasteiger partial charge in [0.05, 0.1) is 3.79 Å². The minimum absolute atomic E-state index is 0.484. The molecule has 1 aliphatic rings. The van der Waals surface area contributed by atoms with Gasteiger partial charge in [0.15, 0.2) is 0 Å². The molecule has 1 aromatic carbocycles. The third kappa shape index (κ3) is 3.87. The molecule has 2 nitrogen and oxygen atoms in total. The number of benzene rings is 1. The third-order valence-electron chi connectivity index (χ3n) is 3.83. The molecule has 0 fully saturated rings. The first-order valence-electron chi connectivity index (χ1n) is 7.43. The highest BCUT2D eigenvalue weighted by atomic mass is 79.9. The van der Waals surface area contributed by atoms with Crippen molar-refractivity contribution in [3.05, 3.63) is 50.1 Å². The number of fused-ring (bicyclic) bond motifs is 1. The van der Waals surface area contributed by atoms with E-state index in [0.717, 1.165) is 12.3 Å². The average molecular weight is 366 g/mol. The molecular weight excluding hydrogens is 346 g/mol. The van der Waals surface area contributed by atoms with Crippen molar-refractivity contribution in [3.63, 3.8) is 0 Å². The number of nitrogens with one attached hydrogen (secondary N) is 1. The summed E-state index contributed by atoms with van der Waals surface area (Å²) < 4.78 is 7.05. The molecule has 0 saturated heterocycles. The van der Waals surface area contributed by atoms with Crippen LogP contribution in [0.1, 0.15) is 34.9 Å². The number of thiophene rings is 1. The zero-order valence-corrected chi connectivity index (χ0v) is 14.6. The maximum absolute atomic E-state index is 5.80. The van der Waals surface area contributed by atoms with Crippen LogP contribution in [-0.2, 0) is 6.42 Å². The van der Waals surface area contributed by atoms with Crippen LogP contribution in [0.3, 0.4) is 0 Å². The highest BCUT2D eigenvalue weighted by Crippen LogP contribution is 2.37. The summed E-state index contributed by atoms with van der Waals surface area (Å²) in [5.74, 6) is 0.958. The molecule has 21 heavy (non-hydrogen) atoms. The van der Waals surface area contributed by atoms with Crippen molar-refractivity contribution in [2.75, 3.05) is 13.2 Å². The maximum Gasteiger partial charge on any atom is 0.119 e. The van der Waals surface area contributed by atoms with Crippen molar-refractivity contribution >= 4 is 27.3 Å². The summed E-state index contributed by atoms with van der Waals surface area (Å²) in [6, 6.07) is 11.0. The maximum atomic E-state index is 5.80. The van der Waals surface area contributed by atoms with Crippen molar-refractivity contribution in [1.29, 1.82) is 0 Å². The Labute approximate surface area is 138 Å². The van der Waals surface area contributed by atoms with Gasteiger partial charge < -0.3 is 10.1 Å². The molecule has 0 spiro atoms. The highest BCUT2D eigenvalue weighted by molar-refractivity contribution is 9.11. The molecule has 2 aromatic rings. The second kappa shape index (κ2) is 6.95. The first-order valence-corrected chi connectivity index (χ1v) is 9.04. The summed E-state index contributed by atoms with van der Waals surface area (Å²) in [6.07, 6.45) is 3.72. The highest BCUT2D eigenvalue weighted by Gasteiger charge is 2.21. The Hall–Kier alpha value is -0.840. The van der Waals surface area contributed by atoms with Crippen molar-refractivity contribution in [1.82, 2.24) is 5.32 Å². The van der Waals surface area contributed by atoms with Crippen LogP contribution in [0.25, 0.3) is 0 Å². The number of halogens is 1. The number of hydrogen-bond acceptors (Lipinski definition) is 3. The van der Waals surface area contributed by atoms with Crippen LogP contribution in [0.15, 0.2) is 34.1 Å². The molecule has 1 atom stereocenters. The van der Waals surface area contributed by atoms with E-state index in [9.17, 15) is 0 Å². The lowest BCUT2D eigenvalue weighted by Gasteiger charge is -2.23. The Bertz CT molecular complexity index is 611. The summed E-state index contributed by atoms with van der Waals surface area (Å²) in [5.41, 5.74) is 2.72. The predicted octanol–water partition coefficient (Wildman–Crippen LogP) is 4.87. The van der Waals surface area contributed by atoms with E-state index < -0.39 is 0 Å². The van der Waals surface area contributed by atoms with E-state index in [1.807, 2.05) is 23.5 Å². The summed E-state index contributed by atoms with van der Waals surface area (Å²) in [6.45, 7) is 3.68. The number of aryl methyl sites for hydroxylation is 2. The Balaban J connectivity index is 1.50. The SMILES string of the molecule is Cc1cccc(OCCNC2CCCc3sc(Br)cc32)c1. The quantitative estimate of drug-likeness (QED) is 0.763. The summed E-state index contributed by atoms with van der Waals surface area (Å²) >= 11 is 5.48. The summed E-state index contributed by atoms with van der Waals surface area (Å²) in [5, 5.41) is 3.64. The zero-order chi connectivity index (χ0) is 14.7. The molecule has 0 saturated carbocycles. The zero-order valence-electron chi connectivity index (χ0n) is 12.2. The van der Waals surface area contributed by atoms with Crippen LogP contribution in [-0.4, -0.2) is 13.2 Å². The smallest absolute Gasteiger partial charge is 0.119 e. The Morgan fingerprint density at radius 1 is 1.38 bits per heavy atom. The average Bonchev–Trinajstić information content (AvgIpc) is 2.84. The van der Waals surface area contributed by atoms with Gasteiger partial charge in [0.25, 0.3) is 0 Å². The molecule has 0 radical (unpaired) electrons. The largest absolute Gasteiger partial charge is 0.492 e. The molecule has 1 unspecified atom stereocenters. The van der Waals surface area contributed by atoms with Crippen LogP contribution in [0.2, 0.25) is 0 Å². The monoisotopic (exact) mass is 365 g/mol. The van der Waals surface area contributed by atoms with Gasteiger partial charge >= 0.3 is 0 Å². The second-order valence-corrected chi connectivity index (χ2v) is 8.01. The fraction of sp³-hybridized carbons (Fsp3) is 0.412. The van der Waals surface area contributed by atoms with Crippen LogP contribution < -0.4 is 10.1 Å². The van der Waals surface area contributed by atoms with E-state index in [-0.39, 0.29) is 0 Å². The van der Waals surface area contributed by atoms with Gasteiger partial charge in [0.2, 0.25) is 0 Å². The lowest BCUT2D eigenvalue weighted by molar-refractivity contribution is 0.301. The Morgan fingerprint density at radius 3 is 3.14 bits per heavy atom.